The first kappa shape index (κ1) is 11.2. The van der Waals surface area contributed by atoms with Gasteiger partial charge in [0.25, 0.3) is 0 Å². The van der Waals surface area contributed by atoms with Crippen LogP contribution < -0.4 is 0 Å². The summed E-state index contributed by atoms with van der Waals surface area (Å²) in [5, 5.41) is 0.908. The number of aryl methyl sites for hydroxylation is 1. The van der Waals surface area contributed by atoms with Crippen molar-refractivity contribution < 1.29 is 0 Å². The molecule has 90 valence electrons. The summed E-state index contributed by atoms with van der Waals surface area (Å²) in [7, 11) is 0. The highest BCUT2D eigenvalue weighted by atomic mass is 32.2. The molecule has 0 unspecified atom stereocenters. The summed E-state index contributed by atoms with van der Waals surface area (Å²) >= 11 is 1.60. The van der Waals surface area contributed by atoms with E-state index in [1.807, 2.05) is 24.5 Å². The van der Waals surface area contributed by atoms with Crippen LogP contribution in [0.25, 0.3) is 17.0 Å². The molecule has 18 heavy (non-hydrogen) atoms. The Morgan fingerprint density at radius 2 is 1.89 bits per heavy atom. The molecule has 0 saturated heterocycles. The molecule has 0 atom stereocenters. The summed E-state index contributed by atoms with van der Waals surface area (Å²) in [5.41, 5.74) is 2.87. The number of aromatic nitrogens is 4. The van der Waals surface area contributed by atoms with Crippen LogP contribution in [0.3, 0.4) is 0 Å². The topological polar surface area (TPSA) is 43.6 Å². The van der Waals surface area contributed by atoms with Crippen LogP contribution >= 0.6 is 11.8 Å². The SMILES string of the molecule is CSc1nc2ncccc2n1-c1ncccc1C. The summed E-state index contributed by atoms with van der Waals surface area (Å²) in [6, 6.07) is 7.93. The zero-order valence-corrected chi connectivity index (χ0v) is 11.0. The van der Waals surface area contributed by atoms with Crippen molar-refractivity contribution in [1.82, 2.24) is 19.5 Å². The zero-order valence-electron chi connectivity index (χ0n) is 10.2. The summed E-state index contributed by atoms with van der Waals surface area (Å²) in [6.45, 7) is 2.05. The fourth-order valence-electron chi connectivity index (χ4n) is 1.95. The Balaban J connectivity index is 2.37. The lowest BCUT2D eigenvalue weighted by atomic mass is 10.3. The van der Waals surface area contributed by atoms with Crippen molar-refractivity contribution in [3.63, 3.8) is 0 Å². The first-order valence-corrected chi connectivity index (χ1v) is 6.83. The van der Waals surface area contributed by atoms with Crippen LogP contribution in [0.4, 0.5) is 0 Å². The third-order valence-electron chi connectivity index (χ3n) is 2.78. The maximum atomic E-state index is 4.52. The lowest BCUT2D eigenvalue weighted by Gasteiger charge is -2.08. The molecule has 0 amide bonds. The number of rotatable bonds is 2. The molecule has 0 aromatic carbocycles. The van der Waals surface area contributed by atoms with E-state index in [0.717, 1.165) is 27.7 Å². The Morgan fingerprint density at radius 1 is 1.11 bits per heavy atom. The van der Waals surface area contributed by atoms with Crippen LogP contribution in [0.15, 0.2) is 41.8 Å². The van der Waals surface area contributed by atoms with Gasteiger partial charge in [-0.1, -0.05) is 17.8 Å². The maximum Gasteiger partial charge on any atom is 0.179 e. The van der Waals surface area contributed by atoms with Gasteiger partial charge in [0.1, 0.15) is 5.82 Å². The highest BCUT2D eigenvalue weighted by molar-refractivity contribution is 7.98. The molecule has 0 spiro atoms. The quantitative estimate of drug-likeness (QED) is 0.661. The number of hydrogen-bond acceptors (Lipinski definition) is 4. The largest absolute Gasteiger partial charge is 0.269 e. The molecule has 3 aromatic rings. The van der Waals surface area contributed by atoms with E-state index in [2.05, 4.69) is 32.5 Å². The molecule has 0 fully saturated rings. The molecular formula is C13H12N4S. The van der Waals surface area contributed by atoms with Gasteiger partial charge in [-0.25, -0.2) is 15.0 Å². The van der Waals surface area contributed by atoms with Crippen molar-refractivity contribution in [3.8, 4) is 5.82 Å². The number of fused-ring (bicyclic) bond motifs is 1. The van der Waals surface area contributed by atoms with Crippen LogP contribution in [-0.2, 0) is 0 Å². The van der Waals surface area contributed by atoms with Gasteiger partial charge in [0, 0.05) is 12.4 Å². The second kappa shape index (κ2) is 4.42. The van der Waals surface area contributed by atoms with Crippen LogP contribution in [0.2, 0.25) is 0 Å². The van der Waals surface area contributed by atoms with Gasteiger partial charge in [-0.3, -0.25) is 4.57 Å². The van der Waals surface area contributed by atoms with Crippen molar-refractivity contribution in [3.05, 3.63) is 42.2 Å². The molecule has 0 aliphatic carbocycles. The number of thioether (sulfide) groups is 1. The Labute approximate surface area is 109 Å². The standard InChI is InChI=1S/C13H12N4S/c1-9-5-3-8-15-12(9)17-10-6-4-7-14-11(10)16-13(17)18-2/h3-8H,1-2H3. The van der Waals surface area contributed by atoms with Crippen molar-refractivity contribution in [2.24, 2.45) is 0 Å². The van der Waals surface area contributed by atoms with Crippen molar-refractivity contribution in [2.45, 2.75) is 12.1 Å². The first-order valence-electron chi connectivity index (χ1n) is 5.60. The molecule has 3 aromatic heterocycles. The van der Waals surface area contributed by atoms with Gasteiger partial charge in [0.05, 0.1) is 5.52 Å². The zero-order chi connectivity index (χ0) is 12.5. The van der Waals surface area contributed by atoms with E-state index in [1.165, 1.54) is 0 Å². The van der Waals surface area contributed by atoms with Crippen LogP contribution in [0.5, 0.6) is 0 Å². The van der Waals surface area contributed by atoms with E-state index in [0.29, 0.717) is 0 Å². The summed E-state index contributed by atoms with van der Waals surface area (Å²) in [5.74, 6) is 0.914. The molecule has 5 heteroatoms. The van der Waals surface area contributed by atoms with Crippen LogP contribution in [0, 0.1) is 6.92 Å². The monoisotopic (exact) mass is 256 g/mol. The van der Waals surface area contributed by atoms with Gasteiger partial charge in [-0.15, -0.1) is 0 Å². The van der Waals surface area contributed by atoms with Gasteiger partial charge >= 0.3 is 0 Å². The average molecular weight is 256 g/mol. The number of imidazole rings is 1. The molecule has 0 aliphatic heterocycles. The molecule has 0 radical (unpaired) electrons. The molecule has 3 heterocycles. The molecule has 0 bridgehead atoms. The normalized spacial score (nSPS) is 11.0. The highest BCUT2D eigenvalue weighted by Crippen LogP contribution is 2.25. The summed E-state index contributed by atoms with van der Waals surface area (Å²) in [6.07, 6.45) is 5.57. The highest BCUT2D eigenvalue weighted by Gasteiger charge is 2.14. The van der Waals surface area contributed by atoms with Crippen molar-refractivity contribution >= 4 is 22.9 Å². The van der Waals surface area contributed by atoms with Crippen molar-refractivity contribution in [2.75, 3.05) is 6.26 Å². The van der Waals surface area contributed by atoms with E-state index in [1.54, 1.807) is 24.2 Å². The molecule has 0 saturated carbocycles. The van der Waals surface area contributed by atoms with Gasteiger partial charge < -0.3 is 0 Å². The lowest BCUT2D eigenvalue weighted by molar-refractivity contribution is 0.878. The van der Waals surface area contributed by atoms with Crippen molar-refractivity contribution in [1.29, 1.82) is 0 Å². The van der Waals surface area contributed by atoms with Gasteiger partial charge in [0.2, 0.25) is 0 Å². The number of hydrogen-bond donors (Lipinski definition) is 0. The Hall–Kier alpha value is -1.88. The predicted molar refractivity (Wildman–Crippen MR) is 73.2 cm³/mol. The van der Waals surface area contributed by atoms with Gasteiger partial charge in [-0.05, 0) is 36.9 Å². The minimum atomic E-state index is 0.756. The maximum absolute atomic E-state index is 4.52. The van der Waals surface area contributed by atoms with Crippen LogP contribution in [0.1, 0.15) is 5.56 Å². The minimum absolute atomic E-state index is 0.756. The molecule has 3 rings (SSSR count). The average Bonchev–Trinajstić information content (AvgIpc) is 2.78. The molecule has 4 nitrogen and oxygen atoms in total. The van der Waals surface area contributed by atoms with Gasteiger partial charge in [-0.2, -0.15) is 0 Å². The van der Waals surface area contributed by atoms with E-state index < -0.39 is 0 Å². The Morgan fingerprint density at radius 3 is 2.67 bits per heavy atom. The molecular weight excluding hydrogens is 244 g/mol. The lowest BCUT2D eigenvalue weighted by Crippen LogP contribution is -2.01. The Kier molecular flexibility index (Phi) is 2.76. The molecule has 0 N–H and O–H groups in total. The minimum Gasteiger partial charge on any atom is -0.269 e. The van der Waals surface area contributed by atoms with E-state index >= 15 is 0 Å². The second-order valence-corrected chi connectivity index (χ2v) is 4.70. The third kappa shape index (κ3) is 1.67. The predicted octanol–water partition coefficient (Wildman–Crippen LogP) is 2.85. The van der Waals surface area contributed by atoms with Crippen LogP contribution in [-0.4, -0.2) is 25.8 Å². The number of nitrogens with zero attached hydrogens (tertiary/aromatic N) is 4. The van der Waals surface area contributed by atoms with E-state index in [4.69, 9.17) is 0 Å². The van der Waals surface area contributed by atoms with Gasteiger partial charge in [0.15, 0.2) is 10.8 Å². The van der Waals surface area contributed by atoms with E-state index in [-0.39, 0.29) is 0 Å². The smallest absolute Gasteiger partial charge is 0.179 e. The number of pyridine rings is 2. The fraction of sp³-hybridized carbons (Fsp3) is 0.154. The molecule has 0 aliphatic rings. The van der Waals surface area contributed by atoms with E-state index in [9.17, 15) is 0 Å². The summed E-state index contributed by atoms with van der Waals surface area (Å²) < 4.78 is 2.06. The second-order valence-electron chi connectivity index (χ2n) is 3.92. The first-order chi connectivity index (χ1) is 8.81. The Bertz CT molecular complexity index is 705. The fourth-order valence-corrected chi connectivity index (χ4v) is 2.49. The third-order valence-corrected chi connectivity index (χ3v) is 3.42. The summed E-state index contributed by atoms with van der Waals surface area (Å²) in [4.78, 5) is 13.3.